The number of nitrogens with zero attached hydrogens (tertiary/aromatic N) is 6. The van der Waals surface area contributed by atoms with Gasteiger partial charge >= 0.3 is 35.3 Å². The van der Waals surface area contributed by atoms with Gasteiger partial charge in [0.15, 0.2) is 0 Å². The van der Waals surface area contributed by atoms with Crippen LogP contribution in [0.25, 0.3) is 0 Å². The number of rotatable bonds is 15. The molecule has 0 aromatic carbocycles. The highest BCUT2D eigenvalue weighted by atomic mass is 16.7. The molecule has 0 spiro atoms. The van der Waals surface area contributed by atoms with Crippen LogP contribution in [-0.2, 0) is 34.5 Å². The highest BCUT2D eigenvalue weighted by Gasteiger charge is 2.18. The van der Waals surface area contributed by atoms with Crippen LogP contribution in [-0.4, -0.2) is 50.6 Å². The Morgan fingerprint density at radius 3 is 1.05 bits per heavy atom. The number of hydrogen-bond donors (Lipinski definition) is 3. The van der Waals surface area contributed by atoms with Crippen LogP contribution in [0.1, 0.15) is 60.8 Å². The molecule has 0 aliphatic carbocycles. The van der Waals surface area contributed by atoms with E-state index in [9.17, 15) is 28.8 Å². The van der Waals surface area contributed by atoms with Crippen molar-refractivity contribution in [1.82, 2.24) is 29.7 Å². The number of hydrogen-bond acceptors (Lipinski definition) is 12. The first-order chi connectivity index (χ1) is 19.9. The first-order valence-electron chi connectivity index (χ1n) is 13.3. The third-order valence-electron chi connectivity index (χ3n) is 5.81. The van der Waals surface area contributed by atoms with Crippen molar-refractivity contribution in [1.29, 1.82) is 0 Å². The normalized spacial score (nSPS) is 13.6. The van der Waals surface area contributed by atoms with Gasteiger partial charge in [-0.2, -0.15) is 0 Å². The van der Waals surface area contributed by atoms with Gasteiger partial charge in [-0.3, -0.25) is 14.5 Å². The van der Waals surface area contributed by atoms with Gasteiger partial charge in [0.25, 0.3) is 0 Å². The average molecular weight is 598 g/mol. The van der Waals surface area contributed by atoms with Crippen molar-refractivity contribution in [2.75, 3.05) is 0 Å². The molecule has 0 saturated carbocycles. The van der Waals surface area contributed by atoms with E-state index in [2.05, 4.69) is 45.9 Å². The lowest BCUT2D eigenvalue weighted by atomic mass is 10.1. The van der Waals surface area contributed by atoms with E-state index < -0.39 is 55.4 Å². The van der Waals surface area contributed by atoms with Gasteiger partial charge in [0.2, 0.25) is 0 Å². The van der Waals surface area contributed by atoms with Crippen LogP contribution < -0.4 is 33.0 Å². The summed E-state index contributed by atoms with van der Waals surface area (Å²) in [5.74, 6) is 0.114. The fraction of sp³-hybridized carbons (Fsp3) is 0.625. The zero-order valence-electron chi connectivity index (χ0n) is 24.6. The standard InChI is InChI=1S/C24H39N9O9/c1-7-16(4)10-28-40-19(34)25-13-31-22(37)32(14-26-20(35)41-29-11-17(5)8-2)24(39)33(23(31)38)15-27-21(36)42-30-12-18(6)9-3/h10-12,16-18H,7-9,13-15H2,1-6H3,(H,25,34)(H,26,35)(H,27,36). The summed E-state index contributed by atoms with van der Waals surface area (Å²) in [6.07, 6.45) is 3.18. The molecule has 234 valence electrons. The van der Waals surface area contributed by atoms with E-state index in [1.54, 1.807) is 0 Å². The fourth-order valence-corrected chi connectivity index (χ4v) is 2.48. The number of carbonyl (C=O) groups excluding carboxylic acids is 3. The maximum atomic E-state index is 13.0. The van der Waals surface area contributed by atoms with Crippen molar-refractivity contribution in [2.24, 2.45) is 33.2 Å². The predicted molar refractivity (Wildman–Crippen MR) is 152 cm³/mol. The molecule has 0 saturated heterocycles. The van der Waals surface area contributed by atoms with Crippen LogP contribution >= 0.6 is 0 Å². The Hall–Kier alpha value is -4.77. The Morgan fingerprint density at radius 1 is 0.595 bits per heavy atom. The van der Waals surface area contributed by atoms with Crippen LogP contribution in [0.5, 0.6) is 0 Å². The Labute approximate surface area is 241 Å². The molecule has 0 aliphatic rings. The SMILES string of the molecule is CCC(C)C=NOC(=O)NCn1c(=O)n(CNC(=O)ON=CC(C)CC)c(=O)n(CNC(=O)ON=CC(C)CC)c1=O. The third-order valence-corrected chi connectivity index (χ3v) is 5.81. The number of oxime groups is 3. The molecule has 18 nitrogen and oxygen atoms in total. The first-order valence-corrected chi connectivity index (χ1v) is 13.3. The van der Waals surface area contributed by atoms with Crippen LogP contribution in [0.15, 0.2) is 29.9 Å². The van der Waals surface area contributed by atoms with E-state index in [1.165, 1.54) is 18.6 Å². The molecule has 1 heterocycles. The van der Waals surface area contributed by atoms with Crippen molar-refractivity contribution < 1.29 is 28.9 Å². The van der Waals surface area contributed by atoms with Gasteiger partial charge in [-0.1, -0.05) is 57.0 Å². The molecule has 3 atom stereocenters. The van der Waals surface area contributed by atoms with Crippen LogP contribution in [0.3, 0.4) is 0 Å². The van der Waals surface area contributed by atoms with Crippen molar-refractivity contribution in [2.45, 2.75) is 80.8 Å². The molecule has 1 aromatic heterocycles. The van der Waals surface area contributed by atoms with Gasteiger partial charge in [-0.25, -0.2) is 42.5 Å². The summed E-state index contributed by atoms with van der Waals surface area (Å²) in [7, 11) is 0. The molecule has 1 rings (SSSR count). The van der Waals surface area contributed by atoms with Gasteiger partial charge < -0.3 is 16.0 Å². The second-order valence-corrected chi connectivity index (χ2v) is 9.19. The van der Waals surface area contributed by atoms with Gasteiger partial charge in [0, 0.05) is 18.6 Å². The van der Waals surface area contributed by atoms with Crippen LogP contribution in [0.4, 0.5) is 14.4 Å². The second kappa shape index (κ2) is 18.6. The van der Waals surface area contributed by atoms with E-state index in [0.717, 1.165) is 19.3 Å². The molecule has 0 bridgehead atoms. The molecule has 0 fully saturated rings. The molecular formula is C24H39N9O9. The van der Waals surface area contributed by atoms with E-state index in [1.807, 2.05) is 41.5 Å². The number of aromatic nitrogens is 3. The molecule has 3 amide bonds. The lowest BCUT2D eigenvalue weighted by Crippen LogP contribution is -2.58. The highest BCUT2D eigenvalue weighted by Crippen LogP contribution is 1.97. The molecule has 3 N–H and O–H groups in total. The van der Waals surface area contributed by atoms with Gasteiger partial charge in [0.05, 0.1) is 0 Å². The average Bonchev–Trinajstić information content (AvgIpc) is 2.96. The lowest BCUT2D eigenvalue weighted by molar-refractivity contribution is 0.146. The Bertz CT molecular complexity index is 1130. The molecule has 0 radical (unpaired) electrons. The highest BCUT2D eigenvalue weighted by molar-refractivity contribution is 5.69. The van der Waals surface area contributed by atoms with Gasteiger partial charge in [0.1, 0.15) is 20.0 Å². The minimum absolute atomic E-state index is 0.0380. The van der Waals surface area contributed by atoms with Crippen molar-refractivity contribution >= 4 is 36.9 Å². The summed E-state index contributed by atoms with van der Waals surface area (Å²) in [4.78, 5) is 88.9. The van der Waals surface area contributed by atoms with E-state index in [4.69, 9.17) is 0 Å². The van der Waals surface area contributed by atoms with Gasteiger partial charge in [-0.05, 0) is 37.0 Å². The molecule has 3 unspecified atom stereocenters. The lowest BCUT2D eigenvalue weighted by Gasteiger charge is -2.14. The zero-order chi connectivity index (χ0) is 31.7. The number of carbonyl (C=O) groups is 3. The summed E-state index contributed by atoms with van der Waals surface area (Å²) in [6.45, 7) is 9.03. The Kier molecular flexibility index (Phi) is 15.6. The topological polar surface area (TPSA) is 218 Å². The maximum absolute atomic E-state index is 13.0. The minimum Gasteiger partial charge on any atom is -0.301 e. The van der Waals surface area contributed by atoms with Crippen LogP contribution in [0.2, 0.25) is 0 Å². The molecule has 18 heteroatoms. The van der Waals surface area contributed by atoms with E-state index in [0.29, 0.717) is 13.7 Å². The molecular weight excluding hydrogens is 558 g/mol. The van der Waals surface area contributed by atoms with Crippen molar-refractivity contribution in [3.8, 4) is 0 Å². The molecule has 42 heavy (non-hydrogen) atoms. The Morgan fingerprint density at radius 2 is 0.833 bits per heavy atom. The molecule has 0 aliphatic heterocycles. The second-order valence-electron chi connectivity index (χ2n) is 9.19. The number of amides is 3. The molecule has 1 aromatic rings. The van der Waals surface area contributed by atoms with E-state index in [-0.39, 0.29) is 17.8 Å². The van der Waals surface area contributed by atoms with Crippen LogP contribution in [0, 0.1) is 17.8 Å². The smallest absolute Gasteiger partial charge is 0.301 e. The summed E-state index contributed by atoms with van der Waals surface area (Å²) >= 11 is 0. The van der Waals surface area contributed by atoms with E-state index >= 15 is 0 Å². The summed E-state index contributed by atoms with van der Waals surface area (Å²) < 4.78 is 1.38. The summed E-state index contributed by atoms with van der Waals surface area (Å²) in [5.41, 5.74) is -3.60. The predicted octanol–water partition coefficient (Wildman–Crippen LogP) is 1.32. The first kappa shape index (κ1) is 35.3. The fourth-order valence-electron chi connectivity index (χ4n) is 2.48. The van der Waals surface area contributed by atoms with Gasteiger partial charge in [-0.15, -0.1) is 0 Å². The quantitative estimate of drug-likeness (QED) is 0.151. The van der Waals surface area contributed by atoms with Crippen molar-refractivity contribution in [3.05, 3.63) is 31.5 Å². The number of nitrogens with one attached hydrogen (secondary N) is 3. The largest absolute Gasteiger partial charge is 0.434 e. The Balaban J connectivity index is 3.20. The summed E-state index contributed by atoms with van der Waals surface area (Å²) in [6, 6.07) is 0. The monoisotopic (exact) mass is 597 g/mol. The van der Waals surface area contributed by atoms with Crippen molar-refractivity contribution in [3.63, 3.8) is 0 Å². The summed E-state index contributed by atoms with van der Waals surface area (Å²) in [5, 5.41) is 17.0. The zero-order valence-corrected chi connectivity index (χ0v) is 24.6. The minimum atomic E-state index is -1.20. The maximum Gasteiger partial charge on any atom is 0.434 e. The third kappa shape index (κ3) is 12.2.